The lowest BCUT2D eigenvalue weighted by Gasteiger charge is -2.17. The molecule has 18 heavy (non-hydrogen) atoms. The summed E-state index contributed by atoms with van der Waals surface area (Å²) in [5, 5.41) is 0. The van der Waals surface area contributed by atoms with Crippen molar-refractivity contribution in [3.63, 3.8) is 0 Å². The van der Waals surface area contributed by atoms with Crippen molar-refractivity contribution in [2.24, 2.45) is 0 Å². The molecule has 1 heteroatoms. The van der Waals surface area contributed by atoms with Gasteiger partial charge in [-0.2, -0.15) is 0 Å². The van der Waals surface area contributed by atoms with Crippen molar-refractivity contribution in [2.45, 2.75) is 78.7 Å². The van der Waals surface area contributed by atoms with Crippen LogP contribution in [0.25, 0.3) is 0 Å². The van der Waals surface area contributed by atoms with Gasteiger partial charge in [0, 0.05) is 6.61 Å². The van der Waals surface area contributed by atoms with E-state index >= 15 is 0 Å². The third-order valence-electron chi connectivity index (χ3n) is 4.09. The molecule has 1 unspecified atom stereocenters. The fraction of sp³-hybridized carbons (Fsp3) is 0.765. The lowest BCUT2D eigenvalue weighted by Crippen LogP contribution is -2.11. The van der Waals surface area contributed by atoms with E-state index in [0.717, 1.165) is 6.61 Å². The standard InChI is InChI=1S/C17H30O/c1-5-18-17-12-10-8-6-7-9-11-14(2)16(4)15(3)13-17/h13,17H,5-12H2,1-4H3. The highest BCUT2D eigenvalue weighted by Crippen LogP contribution is 2.22. The molecule has 104 valence electrons. The summed E-state index contributed by atoms with van der Waals surface area (Å²) in [4.78, 5) is 0. The van der Waals surface area contributed by atoms with Crippen molar-refractivity contribution in [2.75, 3.05) is 6.61 Å². The fourth-order valence-corrected chi connectivity index (χ4v) is 2.62. The topological polar surface area (TPSA) is 9.23 Å². The van der Waals surface area contributed by atoms with Gasteiger partial charge in [-0.05, 0) is 58.1 Å². The third-order valence-corrected chi connectivity index (χ3v) is 4.09. The second kappa shape index (κ2) is 8.53. The summed E-state index contributed by atoms with van der Waals surface area (Å²) >= 11 is 0. The van der Waals surface area contributed by atoms with Crippen LogP contribution in [-0.2, 0) is 4.74 Å². The maximum Gasteiger partial charge on any atom is 0.0761 e. The fourth-order valence-electron chi connectivity index (χ4n) is 2.62. The quantitative estimate of drug-likeness (QED) is 0.636. The smallest absolute Gasteiger partial charge is 0.0761 e. The molecule has 0 spiro atoms. The maximum absolute atomic E-state index is 5.84. The Balaban J connectivity index is 2.81. The molecule has 0 bridgehead atoms. The first-order valence-corrected chi connectivity index (χ1v) is 7.62. The van der Waals surface area contributed by atoms with E-state index in [-0.39, 0.29) is 0 Å². The SMILES string of the molecule is CCOC1C=C(C)C(C)=C(C)CCCCCCC1. The third kappa shape index (κ3) is 5.39. The molecular formula is C17H30O. The first-order valence-electron chi connectivity index (χ1n) is 7.62. The van der Waals surface area contributed by atoms with Gasteiger partial charge in [0.05, 0.1) is 6.10 Å². The van der Waals surface area contributed by atoms with Gasteiger partial charge in [-0.1, -0.05) is 37.3 Å². The minimum atomic E-state index is 0.317. The van der Waals surface area contributed by atoms with Gasteiger partial charge < -0.3 is 4.74 Å². The summed E-state index contributed by atoms with van der Waals surface area (Å²) in [6, 6.07) is 0. The molecule has 1 aliphatic carbocycles. The van der Waals surface area contributed by atoms with E-state index in [2.05, 4.69) is 33.8 Å². The number of rotatable bonds is 2. The van der Waals surface area contributed by atoms with Crippen molar-refractivity contribution in [1.29, 1.82) is 0 Å². The molecule has 0 heterocycles. The average molecular weight is 250 g/mol. The van der Waals surface area contributed by atoms with Crippen LogP contribution in [0, 0.1) is 0 Å². The molecule has 0 saturated heterocycles. The van der Waals surface area contributed by atoms with Crippen molar-refractivity contribution < 1.29 is 4.74 Å². The van der Waals surface area contributed by atoms with Gasteiger partial charge in [0.25, 0.3) is 0 Å². The van der Waals surface area contributed by atoms with E-state index < -0.39 is 0 Å². The normalized spacial score (nSPS) is 24.2. The molecule has 1 aliphatic rings. The average Bonchev–Trinajstić information content (AvgIpc) is 2.35. The van der Waals surface area contributed by atoms with E-state index in [1.165, 1.54) is 56.1 Å². The van der Waals surface area contributed by atoms with E-state index in [1.807, 2.05) is 0 Å². The predicted molar refractivity (Wildman–Crippen MR) is 79.9 cm³/mol. The van der Waals surface area contributed by atoms with Crippen LogP contribution in [0.4, 0.5) is 0 Å². The van der Waals surface area contributed by atoms with Crippen LogP contribution in [0.5, 0.6) is 0 Å². The van der Waals surface area contributed by atoms with Crippen molar-refractivity contribution in [3.8, 4) is 0 Å². The van der Waals surface area contributed by atoms with Crippen molar-refractivity contribution in [1.82, 2.24) is 0 Å². The predicted octanol–water partition coefficient (Wildman–Crippen LogP) is 5.42. The molecule has 0 N–H and O–H groups in total. The molecular weight excluding hydrogens is 220 g/mol. The monoisotopic (exact) mass is 250 g/mol. The largest absolute Gasteiger partial charge is 0.374 e. The summed E-state index contributed by atoms with van der Waals surface area (Å²) in [6.07, 6.45) is 11.9. The van der Waals surface area contributed by atoms with Gasteiger partial charge in [-0.3, -0.25) is 0 Å². The Kier molecular flexibility index (Phi) is 7.34. The molecule has 1 atom stereocenters. The summed E-state index contributed by atoms with van der Waals surface area (Å²) < 4.78 is 5.84. The summed E-state index contributed by atoms with van der Waals surface area (Å²) in [5.41, 5.74) is 4.44. The van der Waals surface area contributed by atoms with Crippen LogP contribution >= 0.6 is 0 Å². The van der Waals surface area contributed by atoms with Gasteiger partial charge in [0.1, 0.15) is 0 Å². The van der Waals surface area contributed by atoms with E-state index in [1.54, 1.807) is 5.57 Å². The van der Waals surface area contributed by atoms with E-state index in [9.17, 15) is 0 Å². The van der Waals surface area contributed by atoms with E-state index in [0.29, 0.717) is 6.10 Å². The highest BCUT2D eigenvalue weighted by molar-refractivity contribution is 5.32. The molecule has 0 saturated carbocycles. The van der Waals surface area contributed by atoms with E-state index in [4.69, 9.17) is 4.74 Å². The van der Waals surface area contributed by atoms with Gasteiger partial charge in [-0.15, -0.1) is 0 Å². The number of allylic oxidation sites excluding steroid dienone is 3. The second-order valence-electron chi connectivity index (χ2n) is 5.56. The number of ether oxygens (including phenoxy) is 1. The second-order valence-corrected chi connectivity index (χ2v) is 5.56. The molecule has 1 nitrogen and oxygen atoms in total. The zero-order chi connectivity index (χ0) is 13.4. The van der Waals surface area contributed by atoms with Gasteiger partial charge in [0.15, 0.2) is 0 Å². The van der Waals surface area contributed by atoms with Crippen molar-refractivity contribution >= 4 is 0 Å². The van der Waals surface area contributed by atoms with Gasteiger partial charge in [-0.25, -0.2) is 0 Å². The zero-order valence-electron chi connectivity index (χ0n) is 12.7. The summed E-state index contributed by atoms with van der Waals surface area (Å²) in [5.74, 6) is 0. The van der Waals surface area contributed by atoms with Gasteiger partial charge in [0.2, 0.25) is 0 Å². The van der Waals surface area contributed by atoms with Crippen LogP contribution in [0.2, 0.25) is 0 Å². The Morgan fingerprint density at radius 1 is 1.06 bits per heavy atom. The Morgan fingerprint density at radius 3 is 2.44 bits per heavy atom. The summed E-state index contributed by atoms with van der Waals surface area (Å²) in [7, 11) is 0. The Morgan fingerprint density at radius 2 is 1.72 bits per heavy atom. The van der Waals surface area contributed by atoms with Gasteiger partial charge >= 0.3 is 0 Å². The minimum Gasteiger partial charge on any atom is -0.374 e. The number of hydrogen-bond acceptors (Lipinski definition) is 1. The zero-order valence-corrected chi connectivity index (χ0v) is 12.7. The minimum absolute atomic E-state index is 0.317. The molecule has 1 rings (SSSR count). The first kappa shape index (κ1) is 15.5. The maximum atomic E-state index is 5.84. The van der Waals surface area contributed by atoms with Crippen LogP contribution < -0.4 is 0 Å². The molecule has 0 aliphatic heterocycles. The first-order chi connectivity index (χ1) is 8.65. The lowest BCUT2D eigenvalue weighted by atomic mass is 9.95. The Bertz CT molecular complexity index is 299. The van der Waals surface area contributed by atoms with Crippen LogP contribution in [0.1, 0.15) is 72.6 Å². The summed E-state index contributed by atoms with van der Waals surface area (Å²) in [6.45, 7) is 9.68. The lowest BCUT2D eigenvalue weighted by molar-refractivity contribution is 0.0878. The molecule has 0 amide bonds. The van der Waals surface area contributed by atoms with Crippen LogP contribution in [-0.4, -0.2) is 12.7 Å². The molecule has 0 fully saturated rings. The Hall–Kier alpha value is -0.560. The number of hydrogen-bond donors (Lipinski definition) is 0. The molecule has 0 aromatic carbocycles. The molecule has 0 aromatic heterocycles. The Labute approximate surface area is 113 Å². The molecule has 0 radical (unpaired) electrons. The van der Waals surface area contributed by atoms with Crippen LogP contribution in [0.3, 0.4) is 0 Å². The highest BCUT2D eigenvalue weighted by atomic mass is 16.5. The van der Waals surface area contributed by atoms with Crippen molar-refractivity contribution in [3.05, 3.63) is 22.8 Å². The highest BCUT2D eigenvalue weighted by Gasteiger charge is 2.08. The van der Waals surface area contributed by atoms with Crippen LogP contribution in [0.15, 0.2) is 22.8 Å². The molecule has 0 aromatic rings.